The van der Waals surface area contributed by atoms with Crippen molar-refractivity contribution in [2.75, 3.05) is 5.32 Å². The van der Waals surface area contributed by atoms with E-state index in [9.17, 15) is 9.18 Å². The molecule has 2 aromatic heterocycles. The number of hydrogen-bond donors (Lipinski definition) is 2. The van der Waals surface area contributed by atoms with E-state index >= 15 is 0 Å². The third-order valence-corrected chi connectivity index (χ3v) is 4.38. The molecular weight excluding hydrogens is 391 g/mol. The van der Waals surface area contributed by atoms with Crippen molar-refractivity contribution in [1.29, 1.82) is 0 Å². The number of tetrazole rings is 1. The number of hydrogen-bond acceptors (Lipinski definition) is 7. The average Bonchev–Trinajstić information content (AvgIpc) is 3.40. The molecule has 0 spiro atoms. The molecule has 1 atom stereocenters. The van der Waals surface area contributed by atoms with Crippen molar-refractivity contribution >= 4 is 11.7 Å². The SMILES string of the molecule is Cc1nc(C(NC(=O)Nc2cc(-n3cnnn3)ccc2C)c2ccccc2F)no1. The number of amides is 2. The van der Waals surface area contributed by atoms with E-state index in [-0.39, 0.29) is 11.4 Å². The fraction of sp³-hybridized carbons (Fsp3) is 0.158. The number of benzene rings is 2. The summed E-state index contributed by atoms with van der Waals surface area (Å²) < 4.78 is 20.9. The van der Waals surface area contributed by atoms with Crippen LogP contribution in [0.3, 0.4) is 0 Å². The topological polar surface area (TPSA) is 124 Å². The average molecular weight is 408 g/mol. The molecule has 10 nitrogen and oxygen atoms in total. The first kappa shape index (κ1) is 19.2. The normalized spacial score (nSPS) is 11.8. The molecule has 1 unspecified atom stereocenters. The molecule has 2 heterocycles. The number of rotatable bonds is 5. The number of carbonyl (C=O) groups is 1. The van der Waals surface area contributed by atoms with Crippen molar-refractivity contribution in [1.82, 2.24) is 35.7 Å². The fourth-order valence-corrected chi connectivity index (χ4v) is 2.88. The minimum Gasteiger partial charge on any atom is -0.340 e. The molecule has 2 aromatic carbocycles. The van der Waals surface area contributed by atoms with Gasteiger partial charge in [0.25, 0.3) is 0 Å². The van der Waals surface area contributed by atoms with Gasteiger partial charge in [-0.15, -0.1) is 5.10 Å². The second-order valence-corrected chi connectivity index (χ2v) is 6.48. The highest BCUT2D eigenvalue weighted by Gasteiger charge is 2.25. The van der Waals surface area contributed by atoms with Gasteiger partial charge in [-0.05, 0) is 41.1 Å². The summed E-state index contributed by atoms with van der Waals surface area (Å²) in [6, 6.07) is 9.94. The number of nitrogens with one attached hydrogen (secondary N) is 2. The maximum atomic E-state index is 14.4. The minimum absolute atomic E-state index is 0.145. The summed E-state index contributed by atoms with van der Waals surface area (Å²) >= 11 is 0. The lowest BCUT2D eigenvalue weighted by Crippen LogP contribution is -2.34. The third-order valence-electron chi connectivity index (χ3n) is 4.38. The van der Waals surface area contributed by atoms with Gasteiger partial charge in [0.1, 0.15) is 18.2 Å². The van der Waals surface area contributed by atoms with E-state index in [4.69, 9.17) is 4.52 Å². The zero-order valence-electron chi connectivity index (χ0n) is 16.1. The van der Waals surface area contributed by atoms with Crippen LogP contribution in [-0.4, -0.2) is 36.4 Å². The number of urea groups is 1. The number of nitrogens with zero attached hydrogens (tertiary/aromatic N) is 6. The molecule has 2 amide bonds. The Morgan fingerprint density at radius 2 is 2.03 bits per heavy atom. The zero-order valence-corrected chi connectivity index (χ0v) is 16.1. The van der Waals surface area contributed by atoms with Crippen molar-refractivity contribution in [2.45, 2.75) is 19.9 Å². The maximum absolute atomic E-state index is 14.4. The summed E-state index contributed by atoms with van der Waals surface area (Å²) in [5.41, 5.74) is 2.24. The van der Waals surface area contributed by atoms with E-state index in [1.807, 2.05) is 19.1 Å². The van der Waals surface area contributed by atoms with Gasteiger partial charge in [-0.2, -0.15) is 4.98 Å². The number of halogens is 1. The van der Waals surface area contributed by atoms with Gasteiger partial charge in [0.2, 0.25) is 5.89 Å². The van der Waals surface area contributed by atoms with Crippen LogP contribution in [0.5, 0.6) is 0 Å². The van der Waals surface area contributed by atoms with Gasteiger partial charge in [-0.1, -0.05) is 29.4 Å². The molecule has 0 saturated heterocycles. The maximum Gasteiger partial charge on any atom is 0.320 e. The van der Waals surface area contributed by atoms with Gasteiger partial charge in [0.15, 0.2) is 5.82 Å². The summed E-state index contributed by atoms with van der Waals surface area (Å²) in [5, 5.41) is 20.4. The van der Waals surface area contributed by atoms with E-state index in [1.54, 1.807) is 31.2 Å². The highest BCUT2D eigenvalue weighted by Crippen LogP contribution is 2.24. The van der Waals surface area contributed by atoms with Crippen molar-refractivity contribution in [3.63, 3.8) is 0 Å². The van der Waals surface area contributed by atoms with Crippen LogP contribution < -0.4 is 10.6 Å². The molecule has 0 radical (unpaired) electrons. The smallest absolute Gasteiger partial charge is 0.320 e. The third kappa shape index (κ3) is 3.99. The Morgan fingerprint density at radius 1 is 1.20 bits per heavy atom. The monoisotopic (exact) mass is 408 g/mol. The standard InChI is InChI=1S/C19H17FN8O2/c1-11-7-8-13(28-10-21-26-27-28)9-16(11)23-19(29)24-17(18-22-12(2)30-25-18)14-5-3-4-6-15(14)20/h3-10,17H,1-2H3,(H2,23,24,29). The lowest BCUT2D eigenvalue weighted by molar-refractivity contribution is 0.249. The summed E-state index contributed by atoms with van der Waals surface area (Å²) in [6.45, 7) is 3.46. The van der Waals surface area contributed by atoms with Crippen LogP contribution >= 0.6 is 0 Å². The van der Waals surface area contributed by atoms with Gasteiger partial charge in [-0.25, -0.2) is 13.9 Å². The second-order valence-electron chi connectivity index (χ2n) is 6.48. The molecule has 0 bridgehead atoms. The highest BCUT2D eigenvalue weighted by atomic mass is 19.1. The number of carbonyl (C=O) groups excluding carboxylic acids is 1. The van der Waals surface area contributed by atoms with Gasteiger partial charge in [0.05, 0.1) is 5.69 Å². The highest BCUT2D eigenvalue weighted by molar-refractivity contribution is 5.91. The van der Waals surface area contributed by atoms with Crippen LogP contribution in [0, 0.1) is 19.7 Å². The Labute approximate surface area is 170 Å². The van der Waals surface area contributed by atoms with Crippen molar-refractivity contribution < 1.29 is 13.7 Å². The van der Waals surface area contributed by atoms with E-state index in [2.05, 4.69) is 36.3 Å². The van der Waals surface area contributed by atoms with Gasteiger partial charge >= 0.3 is 6.03 Å². The molecule has 30 heavy (non-hydrogen) atoms. The van der Waals surface area contributed by atoms with Crippen molar-refractivity contribution in [2.24, 2.45) is 0 Å². The predicted octanol–water partition coefficient (Wildman–Crippen LogP) is 2.71. The zero-order chi connectivity index (χ0) is 21.1. The molecule has 152 valence electrons. The molecule has 0 aliphatic heterocycles. The minimum atomic E-state index is -0.938. The predicted molar refractivity (Wildman–Crippen MR) is 103 cm³/mol. The summed E-state index contributed by atoms with van der Waals surface area (Å²) in [7, 11) is 0. The summed E-state index contributed by atoms with van der Waals surface area (Å²) in [5.74, 6) is -0.0486. The number of anilines is 1. The first-order valence-electron chi connectivity index (χ1n) is 8.97. The van der Waals surface area contributed by atoms with Crippen molar-refractivity contribution in [3.8, 4) is 5.69 Å². The Morgan fingerprint density at radius 3 is 2.73 bits per heavy atom. The molecule has 0 aliphatic rings. The van der Waals surface area contributed by atoms with Crippen LogP contribution in [-0.2, 0) is 0 Å². The Bertz CT molecular complexity index is 1180. The van der Waals surface area contributed by atoms with E-state index in [0.717, 1.165) is 5.56 Å². The van der Waals surface area contributed by atoms with Gasteiger partial charge in [-0.3, -0.25) is 0 Å². The molecule has 4 rings (SSSR count). The first-order valence-corrected chi connectivity index (χ1v) is 8.97. The fourth-order valence-electron chi connectivity index (χ4n) is 2.88. The largest absolute Gasteiger partial charge is 0.340 e. The van der Waals surface area contributed by atoms with Gasteiger partial charge in [0, 0.05) is 18.2 Å². The van der Waals surface area contributed by atoms with E-state index < -0.39 is 17.9 Å². The Kier molecular flexibility index (Phi) is 5.16. The molecule has 2 N–H and O–H groups in total. The van der Waals surface area contributed by atoms with Gasteiger partial charge < -0.3 is 15.2 Å². The lowest BCUT2D eigenvalue weighted by Gasteiger charge is -2.18. The molecule has 4 aromatic rings. The quantitative estimate of drug-likeness (QED) is 0.520. The van der Waals surface area contributed by atoms with Crippen LogP contribution in [0.25, 0.3) is 5.69 Å². The van der Waals surface area contributed by atoms with Crippen LogP contribution in [0.2, 0.25) is 0 Å². The first-order chi connectivity index (χ1) is 14.5. The molecular formula is C19H17FN8O2. The number of aryl methyl sites for hydroxylation is 2. The van der Waals surface area contributed by atoms with E-state index in [0.29, 0.717) is 17.3 Å². The van der Waals surface area contributed by atoms with E-state index in [1.165, 1.54) is 17.1 Å². The summed E-state index contributed by atoms with van der Waals surface area (Å²) in [4.78, 5) is 16.9. The second kappa shape index (κ2) is 8.07. The molecule has 0 fully saturated rings. The van der Waals surface area contributed by atoms with Crippen LogP contribution in [0.1, 0.15) is 28.9 Å². The van der Waals surface area contributed by atoms with Crippen LogP contribution in [0.4, 0.5) is 14.9 Å². The van der Waals surface area contributed by atoms with Crippen molar-refractivity contribution in [3.05, 3.63) is 77.5 Å². The molecule has 0 aliphatic carbocycles. The Hall–Kier alpha value is -4.15. The van der Waals surface area contributed by atoms with Crippen LogP contribution in [0.15, 0.2) is 53.3 Å². The Balaban J connectivity index is 1.59. The lowest BCUT2D eigenvalue weighted by atomic mass is 10.1. The molecule has 0 saturated carbocycles. The molecule has 11 heteroatoms. The number of aromatic nitrogens is 6. The summed E-state index contributed by atoms with van der Waals surface area (Å²) in [6.07, 6.45) is 1.45.